The highest BCUT2D eigenvalue weighted by Crippen LogP contribution is 2.42. The van der Waals surface area contributed by atoms with Gasteiger partial charge in [-0.2, -0.15) is 4.39 Å². The van der Waals surface area contributed by atoms with Gasteiger partial charge in [-0.25, -0.2) is 4.39 Å². The molecule has 1 fully saturated rings. The number of hydrogen-bond donors (Lipinski definition) is 0. The number of halogens is 2. The lowest BCUT2D eigenvalue weighted by atomic mass is 9.76. The normalized spacial score (nSPS) is 19.9. The molecule has 0 atom stereocenters. The van der Waals surface area contributed by atoms with Gasteiger partial charge < -0.3 is 4.74 Å². The first-order valence-electron chi connectivity index (χ1n) is 10.3. The second kappa shape index (κ2) is 9.34. The second-order valence-electron chi connectivity index (χ2n) is 7.63. The molecule has 1 nitrogen and oxygen atoms in total. The maximum Gasteiger partial charge on any atom is 0.200 e. The van der Waals surface area contributed by atoms with E-state index in [9.17, 15) is 8.78 Å². The van der Waals surface area contributed by atoms with Crippen molar-refractivity contribution in [2.24, 2.45) is 0 Å². The van der Waals surface area contributed by atoms with E-state index >= 15 is 0 Å². The van der Waals surface area contributed by atoms with Crippen LogP contribution in [0.4, 0.5) is 8.78 Å². The van der Waals surface area contributed by atoms with Crippen molar-refractivity contribution in [2.45, 2.75) is 70.6 Å². The number of hydrogen-bond acceptors (Lipinski definition) is 1. The molecule has 2 aromatic carbocycles. The van der Waals surface area contributed by atoms with E-state index < -0.39 is 11.6 Å². The van der Waals surface area contributed by atoms with E-state index in [4.69, 9.17) is 4.74 Å². The van der Waals surface area contributed by atoms with Crippen molar-refractivity contribution in [3.05, 3.63) is 64.7 Å². The molecule has 27 heavy (non-hydrogen) atoms. The van der Waals surface area contributed by atoms with Gasteiger partial charge in [-0.1, -0.05) is 50.6 Å². The summed E-state index contributed by atoms with van der Waals surface area (Å²) in [5.41, 5.74) is 3.23. The Balaban J connectivity index is 1.64. The van der Waals surface area contributed by atoms with Gasteiger partial charge in [0.05, 0.1) is 6.61 Å². The number of ether oxygens (including phenoxy) is 1. The van der Waals surface area contributed by atoms with E-state index in [1.54, 1.807) is 12.1 Å². The minimum atomic E-state index is -0.833. The molecule has 0 radical (unpaired) electrons. The summed E-state index contributed by atoms with van der Waals surface area (Å²) < 4.78 is 34.3. The van der Waals surface area contributed by atoms with E-state index in [0.717, 1.165) is 44.9 Å². The van der Waals surface area contributed by atoms with E-state index in [1.165, 1.54) is 11.1 Å². The van der Waals surface area contributed by atoms with Gasteiger partial charge in [-0.05, 0) is 73.1 Å². The first-order valence-corrected chi connectivity index (χ1v) is 10.3. The van der Waals surface area contributed by atoms with Gasteiger partial charge in [0, 0.05) is 0 Å². The van der Waals surface area contributed by atoms with Gasteiger partial charge in [0.1, 0.15) is 0 Å². The molecule has 146 valence electrons. The first-order chi connectivity index (χ1) is 13.1. The van der Waals surface area contributed by atoms with Crippen LogP contribution >= 0.6 is 0 Å². The molecule has 1 saturated carbocycles. The van der Waals surface area contributed by atoms with Crippen molar-refractivity contribution in [2.75, 3.05) is 6.61 Å². The molecule has 1 aliphatic carbocycles. The lowest BCUT2D eigenvalue weighted by Crippen LogP contribution is -2.14. The molecular formula is C24H30F2O. The minimum Gasteiger partial charge on any atom is -0.490 e. The predicted octanol–water partition coefficient (Wildman–Crippen LogP) is 7.15. The Bertz CT molecular complexity index is 731. The molecular weight excluding hydrogens is 342 g/mol. The highest BCUT2D eigenvalue weighted by molar-refractivity contribution is 5.34. The van der Waals surface area contributed by atoms with E-state index in [-0.39, 0.29) is 11.7 Å². The van der Waals surface area contributed by atoms with Gasteiger partial charge >= 0.3 is 0 Å². The summed E-state index contributed by atoms with van der Waals surface area (Å²) in [6.45, 7) is 4.63. The van der Waals surface area contributed by atoms with E-state index in [2.05, 4.69) is 31.2 Å². The molecule has 0 heterocycles. The average Bonchev–Trinajstić information content (AvgIpc) is 2.72. The zero-order chi connectivity index (χ0) is 19.2. The molecule has 0 N–H and O–H groups in total. The Hall–Kier alpha value is -1.90. The molecule has 0 unspecified atom stereocenters. The van der Waals surface area contributed by atoms with Crippen molar-refractivity contribution in [3.63, 3.8) is 0 Å². The van der Waals surface area contributed by atoms with Crippen molar-refractivity contribution in [1.82, 2.24) is 0 Å². The lowest BCUT2D eigenvalue weighted by Gasteiger charge is -2.29. The number of unbranched alkanes of at least 4 members (excludes halogenated alkanes) is 1. The maximum absolute atomic E-state index is 14.6. The Morgan fingerprint density at radius 3 is 2.15 bits per heavy atom. The number of aryl methyl sites for hydroxylation is 1. The monoisotopic (exact) mass is 372 g/mol. The smallest absolute Gasteiger partial charge is 0.200 e. The molecule has 0 spiro atoms. The third kappa shape index (κ3) is 4.69. The SMILES string of the molecule is CCCCOc1ccc(C2CCC(c3ccc(CC)cc3)CC2)c(F)c1F. The van der Waals surface area contributed by atoms with Gasteiger partial charge in [0.25, 0.3) is 0 Å². The summed E-state index contributed by atoms with van der Waals surface area (Å²) in [5, 5.41) is 0. The summed E-state index contributed by atoms with van der Waals surface area (Å²) in [6.07, 6.45) is 6.69. The summed E-state index contributed by atoms with van der Waals surface area (Å²) in [4.78, 5) is 0. The van der Waals surface area contributed by atoms with E-state index in [1.807, 2.05) is 6.92 Å². The van der Waals surface area contributed by atoms with Crippen molar-refractivity contribution >= 4 is 0 Å². The fourth-order valence-electron chi connectivity index (χ4n) is 4.06. The summed E-state index contributed by atoms with van der Waals surface area (Å²) >= 11 is 0. The molecule has 0 saturated heterocycles. The topological polar surface area (TPSA) is 9.23 Å². The third-order valence-electron chi connectivity index (χ3n) is 5.86. The number of rotatable bonds is 7. The van der Waals surface area contributed by atoms with Crippen LogP contribution in [0, 0.1) is 11.6 Å². The number of benzene rings is 2. The van der Waals surface area contributed by atoms with Gasteiger partial charge in [-0.3, -0.25) is 0 Å². The minimum absolute atomic E-state index is 0.0365. The van der Waals surface area contributed by atoms with Crippen LogP contribution in [0.1, 0.15) is 80.9 Å². The van der Waals surface area contributed by atoms with Crippen LogP contribution in [-0.4, -0.2) is 6.61 Å². The summed E-state index contributed by atoms with van der Waals surface area (Å²) in [6, 6.07) is 12.2. The standard InChI is InChI=1S/C24H30F2O/c1-3-5-16-27-22-15-14-21(23(25)24(22)26)20-12-10-19(11-13-20)18-8-6-17(4-2)7-9-18/h6-9,14-15,19-20H,3-5,10-13,16H2,1-2H3. The molecule has 1 aliphatic rings. The average molecular weight is 372 g/mol. The Morgan fingerprint density at radius 1 is 0.852 bits per heavy atom. The highest BCUT2D eigenvalue weighted by atomic mass is 19.2. The lowest BCUT2D eigenvalue weighted by molar-refractivity contribution is 0.286. The van der Waals surface area contributed by atoms with Crippen molar-refractivity contribution < 1.29 is 13.5 Å². The van der Waals surface area contributed by atoms with Gasteiger partial charge in [-0.15, -0.1) is 0 Å². The molecule has 0 aliphatic heterocycles. The molecule has 0 bridgehead atoms. The summed E-state index contributed by atoms with van der Waals surface area (Å²) in [5.74, 6) is -0.901. The van der Waals surface area contributed by atoms with E-state index in [0.29, 0.717) is 18.1 Å². The molecule has 2 aromatic rings. The maximum atomic E-state index is 14.6. The Morgan fingerprint density at radius 2 is 1.52 bits per heavy atom. The van der Waals surface area contributed by atoms with Crippen LogP contribution in [-0.2, 0) is 6.42 Å². The Kier molecular flexibility index (Phi) is 6.87. The molecule has 3 rings (SSSR count). The largest absolute Gasteiger partial charge is 0.490 e. The quantitative estimate of drug-likeness (QED) is 0.469. The van der Waals surface area contributed by atoms with Crippen LogP contribution in [0.3, 0.4) is 0 Å². The fraction of sp³-hybridized carbons (Fsp3) is 0.500. The predicted molar refractivity (Wildman–Crippen MR) is 107 cm³/mol. The van der Waals surface area contributed by atoms with Crippen LogP contribution < -0.4 is 4.74 Å². The first kappa shape index (κ1) is 19.9. The molecule has 3 heteroatoms. The van der Waals surface area contributed by atoms with Crippen LogP contribution in [0.2, 0.25) is 0 Å². The van der Waals surface area contributed by atoms with Crippen molar-refractivity contribution in [3.8, 4) is 5.75 Å². The third-order valence-corrected chi connectivity index (χ3v) is 5.86. The van der Waals surface area contributed by atoms with Crippen LogP contribution in [0.15, 0.2) is 36.4 Å². The van der Waals surface area contributed by atoms with Crippen LogP contribution in [0.25, 0.3) is 0 Å². The van der Waals surface area contributed by atoms with Crippen LogP contribution in [0.5, 0.6) is 5.75 Å². The van der Waals surface area contributed by atoms with Gasteiger partial charge in [0.15, 0.2) is 11.6 Å². The zero-order valence-electron chi connectivity index (χ0n) is 16.4. The second-order valence-corrected chi connectivity index (χ2v) is 7.63. The van der Waals surface area contributed by atoms with Gasteiger partial charge in [0.2, 0.25) is 5.82 Å². The summed E-state index contributed by atoms with van der Waals surface area (Å²) in [7, 11) is 0. The molecule has 0 amide bonds. The highest BCUT2D eigenvalue weighted by Gasteiger charge is 2.27. The fourth-order valence-corrected chi connectivity index (χ4v) is 4.06. The van der Waals surface area contributed by atoms with Crippen molar-refractivity contribution in [1.29, 1.82) is 0 Å². The zero-order valence-corrected chi connectivity index (χ0v) is 16.4. The Labute approximate surface area is 161 Å². The molecule has 0 aromatic heterocycles.